The number of anilines is 1. The highest BCUT2D eigenvalue weighted by Gasteiger charge is 2.86. The van der Waals surface area contributed by atoms with Crippen LogP contribution in [0.2, 0.25) is 0 Å². The van der Waals surface area contributed by atoms with Crippen LogP contribution in [0.3, 0.4) is 0 Å². The fraction of sp³-hybridized carbons (Fsp3) is 0.451. The first-order chi connectivity index (χ1) is 34.7. The van der Waals surface area contributed by atoms with E-state index in [9.17, 15) is 40.0 Å². The molecule has 390 valence electrons. The molecule has 3 aromatic carbocycles. The van der Waals surface area contributed by atoms with Crippen molar-refractivity contribution in [1.82, 2.24) is 10.2 Å². The molecule has 2 aliphatic rings. The third kappa shape index (κ3) is 12.1. The molecule has 2 fully saturated rings. The summed E-state index contributed by atoms with van der Waals surface area (Å²) in [5.74, 6) is -8.64. The van der Waals surface area contributed by atoms with Gasteiger partial charge in [-0.15, -0.1) is 5.10 Å². The second-order valence-corrected chi connectivity index (χ2v) is 18.4. The molecule has 1 aromatic heterocycles. The number of nitrogens with zero attached hydrogens (tertiary/aromatic N) is 4. The van der Waals surface area contributed by atoms with Crippen molar-refractivity contribution in [3.05, 3.63) is 146 Å². The molecule has 0 spiro atoms. The minimum Gasteiger partial charge on any atom is -0.458 e. The summed E-state index contributed by atoms with van der Waals surface area (Å²) in [6, 6.07) is 18.8. The fourth-order valence-corrected chi connectivity index (χ4v) is 8.94. The number of ether oxygens (including phenoxy) is 6. The molecule has 73 heavy (non-hydrogen) atoms. The zero-order chi connectivity index (χ0) is 53.3. The number of fused-ring (bicyclic) bond motifs is 2. The van der Waals surface area contributed by atoms with Crippen LogP contribution in [0.15, 0.2) is 108 Å². The third-order valence-electron chi connectivity index (χ3n) is 12.9. The summed E-state index contributed by atoms with van der Waals surface area (Å²) in [4.78, 5) is 78.7. The summed E-state index contributed by atoms with van der Waals surface area (Å²) in [5.41, 5.74) is -6.00. The number of nitrogens with one attached hydrogen (secondary N) is 1. The summed E-state index contributed by atoms with van der Waals surface area (Å²) in [6.45, 7) is 11.8. The van der Waals surface area contributed by atoms with E-state index in [-0.39, 0.29) is 58.3 Å². The van der Waals surface area contributed by atoms with Gasteiger partial charge in [0.1, 0.15) is 25.4 Å². The average Bonchev–Trinajstić information content (AvgIpc) is 3.94. The van der Waals surface area contributed by atoms with Gasteiger partial charge in [0.2, 0.25) is 11.4 Å². The Labute approximate surface area is 419 Å². The lowest BCUT2D eigenvalue weighted by Gasteiger charge is -2.50. The van der Waals surface area contributed by atoms with E-state index in [1.807, 2.05) is 58.0 Å². The highest BCUT2D eigenvalue weighted by Crippen LogP contribution is 2.60. The molecular formula is C51H59N5O17. The van der Waals surface area contributed by atoms with E-state index < -0.39 is 101 Å². The molecule has 0 saturated carbocycles. The van der Waals surface area contributed by atoms with E-state index in [1.165, 1.54) is 38.2 Å². The average molecular weight is 1010 g/mol. The predicted octanol–water partition coefficient (Wildman–Crippen LogP) is 6.73. The minimum absolute atomic E-state index is 0.170. The number of carbonyl (C=O) groups excluding carboxylic acids is 4. The number of allylic oxidation sites excluding steroid dienone is 1. The Morgan fingerprint density at radius 3 is 2.01 bits per heavy atom. The molecule has 3 N–H and O–H groups in total. The number of non-ortho nitro benzene ring substituents is 2. The van der Waals surface area contributed by atoms with Crippen molar-refractivity contribution in [3.8, 4) is 0 Å². The number of hydrogen-bond donors (Lipinski definition) is 3. The van der Waals surface area contributed by atoms with E-state index in [2.05, 4.69) is 22.1 Å². The molecule has 2 aliphatic heterocycles. The topological polar surface area (TPSA) is 301 Å². The van der Waals surface area contributed by atoms with Crippen LogP contribution in [0.4, 0.5) is 17.4 Å². The number of rotatable bonds is 24. The van der Waals surface area contributed by atoms with Gasteiger partial charge in [-0.05, 0) is 77.6 Å². The fourth-order valence-electron chi connectivity index (χ4n) is 8.94. The number of aliphatic hydroxyl groups excluding tert-OH is 1. The van der Waals surface area contributed by atoms with E-state index in [1.54, 1.807) is 6.08 Å². The first-order valence-electron chi connectivity index (χ1n) is 23.6. The van der Waals surface area contributed by atoms with Crippen LogP contribution < -0.4 is 5.32 Å². The zero-order valence-electron chi connectivity index (χ0n) is 41.2. The second kappa shape index (κ2) is 23.4. The van der Waals surface area contributed by atoms with Crippen LogP contribution in [0.1, 0.15) is 89.0 Å². The minimum atomic E-state index is -3.61. The van der Waals surface area contributed by atoms with Crippen molar-refractivity contribution in [1.29, 1.82) is 0 Å². The summed E-state index contributed by atoms with van der Waals surface area (Å²) in [5, 5.41) is 59.6. The van der Waals surface area contributed by atoms with Crippen LogP contribution in [0, 0.1) is 38.0 Å². The lowest BCUT2D eigenvalue weighted by Crippen LogP contribution is -2.74. The summed E-state index contributed by atoms with van der Waals surface area (Å²) >= 11 is 0. The monoisotopic (exact) mass is 1010 g/mol. The van der Waals surface area contributed by atoms with Gasteiger partial charge in [0, 0.05) is 56.7 Å². The molecule has 0 radical (unpaired) electrons. The number of nitro benzene ring substituents is 2. The van der Waals surface area contributed by atoms with Gasteiger partial charge in [0.25, 0.3) is 22.9 Å². The Morgan fingerprint density at radius 2 is 1.48 bits per heavy atom. The van der Waals surface area contributed by atoms with Gasteiger partial charge in [-0.25, -0.2) is 14.4 Å². The highest BCUT2D eigenvalue weighted by atomic mass is 16.8. The summed E-state index contributed by atoms with van der Waals surface area (Å²) in [7, 11) is 1.41. The van der Waals surface area contributed by atoms with Gasteiger partial charge >= 0.3 is 29.9 Å². The van der Waals surface area contributed by atoms with Gasteiger partial charge in [-0.1, -0.05) is 82.2 Å². The van der Waals surface area contributed by atoms with E-state index in [0.29, 0.717) is 12.8 Å². The normalized spacial score (nSPS) is 23.9. The number of carbonyl (C=O) groups is 4. The number of hydrogen-bond acceptors (Lipinski definition) is 20. The maximum absolute atomic E-state index is 15.4. The summed E-state index contributed by atoms with van der Waals surface area (Å²) in [6.07, 6.45) is -4.10. The molecule has 0 amide bonds. The van der Waals surface area contributed by atoms with Crippen molar-refractivity contribution in [2.24, 2.45) is 17.8 Å². The molecule has 4 aromatic rings. The SMILES string of the molecule is C=C(CC[C@]12O[C@H](c3nnc(NC)o3)[C@@](O)(C(=O)OCc3ccc([N+](=O)[O-])cc3)[C@](C(=O)OCc3ccc([N+](=O)[O-])cc3)(O1)[C@H](OC(=O)/C=C/[C@@H](C)C[C@@H](C)CC)[C@H]2O)[C@@H](OC(C)=O)[C@H](C)Cc1ccccc1. The summed E-state index contributed by atoms with van der Waals surface area (Å²) < 4.78 is 42.1. The lowest BCUT2D eigenvalue weighted by molar-refractivity contribution is -0.386. The number of benzene rings is 3. The maximum atomic E-state index is 15.4. The largest absolute Gasteiger partial charge is 0.458 e. The van der Waals surface area contributed by atoms with Crippen molar-refractivity contribution in [2.75, 3.05) is 12.4 Å². The van der Waals surface area contributed by atoms with E-state index in [4.69, 9.17) is 32.8 Å². The smallest absolute Gasteiger partial charge is 0.346 e. The number of esters is 4. The van der Waals surface area contributed by atoms with Crippen molar-refractivity contribution < 1.29 is 72.1 Å². The Morgan fingerprint density at radius 1 is 0.890 bits per heavy atom. The van der Waals surface area contributed by atoms with Gasteiger partial charge in [-0.2, -0.15) is 0 Å². The highest BCUT2D eigenvalue weighted by molar-refractivity contribution is 5.96. The van der Waals surface area contributed by atoms with Crippen molar-refractivity contribution in [3.63, 3.8) is 0 Å². The van der Waals surface area contributed by atoms with Crippen LogP contribution in [0.25, 0.3) is 0 Å². The molecule has 3 heterocycles. The number of nitro groups is 2. The molecule has 0 unspecified atom stereocenters. The van der Waals surface area contributed by atoms with E-state index in [0.717, 1.165) is 42.3 Å². The third-order valence-corrected chi connectivity index (χ3v) is 12.9. The van der Waals surface area contributed by atoms with Crippen LogP contribution in [-0.4, -0.2) is 96.5 Å². The molecular weight excluding hydrogens is 955 g/mol. The number of aromatic nitrogens is 2. The first kappa shape index (κ1) is 54.9. The van der Waals surface area contributed by atoms with E-state index >= 15 is 9.59 Å². The van der Waals surface area contributed by atoms with Gasteiger partial charge < -0.3 is 48.4 Å². The molecule has 10 atom stereocenters. The lowest BCUT2D eigenvalue weighted by atomic mass is 9.74. The molecule has 22 nitrogen and oxygen atoms in total. The van der Waals surface area contributed by atoms with Crippen LogP contribution in [0.5, 0.6) is 0 Å². The molecule has 2 saturated heterocycles. The molecule has 2 bridgehead atoms. The Bertz CT molecular complexity index is 2660. The molecule has 6 rings (SSSR count). The first-order valence-corrected chi connectivity index (χ1v) is 23.6. The Hall–Kier alpha value is -7.40. The predicted molar refractivity (Wildman–Crippen MR) is 256 cm³/mol. The van der Waals surface area contributed by atoms with Crippen LogP contribution in [-0.2, 0) is 67.2 Å². The standard InChI is InChI=1S/C51H59N5O17/c1-8-30(2)26-31(3)14-23-40(58)70-43-42(59)49(25-24-32(4)41(69-34(6)57)33(5)27-35-12-10-9-11-13-35)72-44(45-53-54-48(52-7)71-45)50(62,46(60)67-28-36-15-19-38(20-16-36)55(63)64)51(43,73-49)47(61)68-29-37-17-21-39(22-18-37)56(65)66/h9-23,30-31,33,41-44,59,62H,4,8,24-29H2,1-3,5-7H3,(H,52,54)/b23-14+/t30-,31+,33+,41+,42+,43+,44+,49-,50+,51-/m0/s1. The van der Waals surface area contributed by atoms with Gasteiger partial charge in [0.15, 0.2) is 12.2 Å². The number of aliphatic hydroxyl groups is 2. The zero-order valence-corrected chi connectivity index (χ0v) is 41.2. The van der Waals surface area contributed by atoms with Crippen LogP contribution >= 0.6 is 0 Å². The molecule has 0 aliphatic carbocycles. The quantitative estimate of drug-likeness (QED) is 0.0164. The Balaban J connectivity index is 1.50. The van der Waals surface area contributed by atoms with Crippen molar-refractivity contribution in [2.45, 2.75) is 121 Å². The van der Waals surface area contributed by atoms with Crippen molar-refractivity contribution >= 4 is 41.3 Å². The van der Waals surface area contributed by atoms with Gasteiger partial charge in [0.05, 0.1) is 9.85 Å². The molecule has 22 heteroatoms. The Kier molecular flexibility index (Phi) is 17.6. The van der Waals surface area contributed by atoms with Gasteiger partial charge in [-0.3, -0.25) is 25.0 Å². The second-order valence-electron chi connectivity index (χ2n) is 18.4. The maximum Gasteiger partial charge on any atom is 0.346 e.